The fraction of sp³-hybridized carbons (Fsp3) is 0.455. The van der Waals surface area contributed by atoms with Crippen molar-refractivity contribution in [2.24, 2.45) is 5.73 Å². The Balaban J connectivity index is 2.68. The molecule has 1 aromatic rings. The van der Waals surface area contributed by atoms with E-state index in [-0.39, 0.29) is 5.56 Å². The Labute approximate surface area is 96.4 Å². The fourth-order valence-electron chi connectivity index (χ4n) is 1.34. The third-order valence-electron chi connectivity index (χ3n) is 2.18. The molecule has 0 aromatic heterocycles. The lowest BCUT2D eigenvalue weighted by Gasteiger charge is -2.24. The third kappa shape index (κ3) is 3.98. The van der Waals surface area contributed by atoms with Crippen molar-refractivity contribution in [1.82, 2.24) is 0 Å². The topological polar surface area (TPSA) is 35.2 Å². The van der Waals surface area contributed by atoms with Crippen molar-refractivity contribution in [1.29, 1.82) is 0 Å². The summed E-state index contributed by atoms with van der Waals surface area (Å²) in [7, 11) is 0. The largest absolute Gasteiger partial charge is 0.416 e. The first-order chi connectivity index (χ1) is 7.82. The quantitative estimate of drug-likeness (QED) is 0.835. The van der Waals surface area contributed by atoms with Crippen molar-refractivity contribution in [3.05, 3.63) is 35.6 Å². The van der Waals surface area contributed by atoms with Gasteiger partial charge in [0, 0.05) is 11.6 Å². The molecule has 2 unspecified atom stereocenters. The highest BCUT2D eigenvalue weighted by atomic mass is 19.4. The number of halogens is 4. The highest BCUT2D eigenvalue weighted by Gasteiger charge is 2.43. The zero-order valence-corrected chi connectivity index (χ0v) is 9.17. The van der Waals surface area contributed by atoms with E-state index in [0.29, 0.717) is 0 Å². The molecule has 1 aromatic carbocycles. The van der Waals surface area contributed by atoms with E-state index in [0.717, 1.165) is 6.07 Å². The van der Waals surface area contributed by atoms with Crippen LogP contribution in [-0.2, 0) is 11.3 Å². The molecule has 96 valence electrons. The maximum atomic E-state index is 13.1. The Kier molecular flexibility index (Phi) is 4.47. The van der Waals surface area contributed by atoms with Crippen LogP contribution in [0.1, 0.15) is 12.5 Å². The number of rotatable bonds is 4. The van der Waals surface area contributed by atoms with Crippen LogP contribution in [0.15, 0.2) is 24.3 Å². The summed E-state index contributed by atoms with van der Waals surface area (Å²) >= 11 is 0. The smallest absolute Gasteiger partial charge is 0.362 e. The van der Waals surface area contributed by atoms with Gasteiger partial charge in [-0.3, -0.25) is 0 Å². The van der Waals surface area contributed by atoms with Gasteiger partial charge in [0.25, 0.3) is 0 Å². The van der Waals surface area contributed by atoms with E-state index in [1.165, 1.54) is 25.1 Å². The molecular weight excluding hydrogens is 238 g/mol. The molecule has 2 nitrogen and oxygen atoms in total. The first kappa shape index (κ1) is 13.9. The minimum atomic E-state index is -4.56. The Hall–Kier alpha value is -1.14. The average molecular weight is 251 g/mol. The highest BCUT2D eigenvalue weighted by molar-refractivity contribution is 5.16. The lowest BCUT2D eigenvalue weighted by molar-refractivity contribution is -0.228. The van der Waals surface area contributed by atoms with Gasteiger partial charge >= 0.3 is 6.18 Å². The molecule has 0 aliphatic heterocycles. The van der Waals surface area contributed by atoms with Gasteiger partial charge in [-0.15, -0.1) is 0 Å². The van der Waals surface area contributed by atoms with Gasteiger partial charge in [-0.25, -0.2) is 4.39 Å². The lowest BCUT2D eigenvalue weighted by Crippen LogP contribution is -2.45. The molecule has 0 aliphatic carbocycles. The van der Waals surface area contributed by atoms with E-state index in [9.17, 15) is 17.6 Å². The van der Waals surface area contributed by atoms with Crippen LogP contribution in [0.2, 0.25) is 0 Å². The Morgan fingerprint density at radius 2 is 1.88 bits per heavy atom. The molecule has 1 rings (SSSR count). The standard InChI is InChI=1S/C11H13F4NO/c1-7(16)10(11(13,14)15)17-6-8-4-2-3-5-9(8)12/h2-5,7,10H,6,16H2,1H3. The summed E-state index contributed by atoms with van der Waals surface area (Å²) in [6.45, 7) is 0.734. The molecule has 17 heavy (non-hydrogen) atoms. The second-order valence-corrected chi connectivity index (χ2v) is 3.72. The molecule has 0 spiro atoms. The predicted octanol–water partition coefficient (Wildman–Crippen LogP) is 2.62. The van der Waals surface area contributed by atoms with Gasteiger partial charge in [-0.1, -0.05) is 18.2 Å². The van der Waals surface area contributed by atoms with Crippen molar-refractivity contribution in [3.8, 4) is 0 Å². The van der Waals surface area contributed by atoms with E-state index in [1.54, 1.807) is 0 Å². The van der Waals surface area contributed by atoms with E-state index >= 15 is 0 Å². The van der Waals surface area contributed by atoms with Gasteiger partial charge < -0.3 is 10.5 Å². The second-order valence-electron chi connectivity index (χ2n) is 3.72. The van der Waals surface area contributed by atoms with Crippen LogP contribution in [0.25, 0.3) is 0 Å². The molecule has 2 atom stereocenters. The number of hydrogen-bond donors (Lipinski definition) is 1. The number of ether oxygens (including phenoxy) is 1. The molecule has 0 amide bonds. The first-order valence-electron chi connectivity index (χ1n) is 4.99. The summed E-state index contributed by atoms with van der Waals surface area (Å²) in [6, 6.07) is 4.29. The van der Waals surface area contributed by atoms with E-state index in [2.05, 4.69) is 4.74 Å². The molecule has 0 radical (unpaired) electrons. The summed E-state index contributed by atoms with van der Waals surface area (Å²) in [5.41, 5.74) is 5.26. The Morgan fingerprint density at radius 3 is 2.35 bits per heavy atom. The van der Waals surface area contributed by atoms with Gasteiger partial charge in [-0.2, -0.15) is 13.2 Å². The molecule has 0 bridgehead atoms. The molecule has 6 heteroatoms. The van der Waals surface area contributed by atoms with E-state index < -0.39 is 30.7 Å². The first-order valence-corrected chi connectivity index (χ1v) is 4.99. The van der Waals surface area contributed by atoms with Crippen LogP contribution in [0.3, 0.4) is 0 Å². The fourth-order valence-corrected chi connectivity index (χ4v) is 1.34. The second kappa shape index (κ2) is 5.46. The van der Waals surface area contributed by atoms with Crippen LogP contribution in [-0.4, -0.2) is 18.3 Å². The van der Waals surface area contributed by atoms with Crippen molar-refractivity contribution >= 4 is 0 Å². The number of nitrogens with two attached hydrogens (primary N) is 1. The van der Waals surface area contributed by atoms with Gasteiger partial charge in [0.15, 0.2) is 6.10 Å². The monoisotopic (exact) mass is 251 g/mol. The predicted molar refractivity (Wildman–Crippen MR) is 54.7 cm³/mol. The molecule has 0 fully saturated rings. The number of hydrogen-bond acceptors (Lipinski definition) is 2. The molecule has 0 saturated heterocycles. The maximum absolute atomic E-state index is 13.1. The minimum absolute atomic E-state index is 0.0717. The van der Waals surface area contributed by atoms with E-state index in [4.69, 9.17) is 5.73 Å². The molecule has 0 aliphatic rings. The van der Waals surface area contributed by atoms with Crippen LogP contribution in [0.4, 0.5) is 17.6 Å². The average Bonchev–Trinajstić information content (AvgIpc) is 2.18. The highest BCUT2D eigenvalue weighted by Crippen LogP contribution is 2.25. The Morgan fingerprint density at radius 1 is 1.29 bits per heavy atom. The SMILES string of the molecule is CC(N)C(OCc1ccccc1F)C(F)(F)F. The van der Waals surface area contributed by atoms with Crippen molar-refractivity contribution in [2.75, 3.05) is 0 Å². The number of alkyl halides is 3. The van der Waals surface area contributed by atoms with Crippen molar-refractivity contribution in [2.45, 2.75) is 31.9 Å². The van der Waals surface area contributed by atoms with Crippen LogP contribution >= 0.6 is 0 Å². The maximum Gasteiger partial charge on any atom is 0.416 e. The minimum Gasteiger partial charge on any atom is -0.362 e. The third-order valence-corrected chi connectivity index (χ3v) is 2.18. The Bertz CT molecular complexity index is 365. The summed E-state index contributed by atoms with van der Waals surface area (Å²) in [5.74, 6) is -0.599. The zero-order valence-electron chi connectivity index (χ0n) is 9.17. The molecule has 2 N–H and O–H groups in total. The molecule has 0 heterocycles. The van der Waals surface area contributed by atoms with Crippen molar-refractivity contribution in [3.63, 3.8) is 0 Å². The normalized spacial score (nSPS) is 15.6. The van der Waals surface area contributed by atoms with E-state index in [1.807, 2.05) is 0 Å². The summed E-state index contributed by atoms with van der Waals surface area (Å²) in [5, 5.41) is 0. The molecule has 0 saturated carbocycles. The number of benzene rings is 1. The summed E-state index contributed by atoms with van der Waals surface area (Å²) in [6.07, 6.45) is -6.65. The zero-order chi connectivity index (χ0) is 13.1. The summed E-state index contributed by atoms with van der Waals surface area (Å²) in [4.78, 5) is 0. The molecular formula is C11H13F4NO. The van der Waals surface area contributed by atoms with Crippen LogP contribution in [0.5, 0.6) is 0 Å². The lowest BCUT2D eigenvalue weighted by atomic mass is 10.2. The van der Waals surface area contributed by atoms with Gasteiger partial charge in [0.05, 0.1) is 6.61 Å². The van der Waals surface area contributed by atoms with Crippen molar-refractivity contribution < 1.29 is 22.3 Å². The van der Waals surface area contributed by atoms with Crippen LogP contribution < -0.4 is 5.73 Å². The van der Waals surface area contributed by atoms with Gasteiger partial charge in [-0.05, 0) is 13.0 Å². The van der Waals surface area contributed by atoms with Gasteiger partial charge in [0.2, 0.25) is 0 Å². The van der Waals surface area contributed by atoms with Gasteiger partial charge in [0.1, 0.15) is 5.82 Å². The summed E-state index contributed by atoms with van der Waals surface area (Å²) < 4.78 is 55.2. The van der Waals surface area contributed by atoms with Crippen LogP contribution in [0, 0.1) is 5.82 Å².